The van der Waals surface area contributed by atoms with Crippen molar-refractivity contribution < 1.29 is 0 Å². The molecule has 0 radical (unpaired) electrons. The highest BCUT2D eigenvalue weighted by atomic mass is 35.5. The van der Waals surface area contributed by atoms with Crippen molar-refractivity contribution in [2.45, 2.75) is 31.2 Å². The minimum absolute atomic E-state index is 0.769. The topological polar surface area (TPSA) is 30.7 Å². The molecule has 118 valence electrons. The van der Waals surface area contributed by atoms with Crippen LogP contribution < -0.4 is 0 Å². The zero-order valence-electron chi connectivity index (χ0n) is 13.2. The van der Waals surface area contributed by atoms with Crippen molar-refractivity contribution in [2.75, 3.05) is 0 Å². The Balaban J connectivity index is 1.85. The summed E-state index contributed by atoms with van der Waals surface area (Å²) in [4.78, 5) is 0. The van der Waals surface area contributed by atoms with Crippen LogP contribution in [0.5, 0.6) is 0 Å². The molecule has 0 N–H and O–H groups in total. The van der Waals surface area contributed by atoms with Crippen molar-refractivity contribution in [1.29, 1.82) is 0 Å². The van der Waals surface area contributed by atoms with Crippen molar-refractivity contribution >= 4 is 23.4 Å². The van der Waals surface area contributed by atoms with Crippen LogP contribution >= 0.6 is 23.4 Å². The van der Waals surface area contributed by atoms with E-state index < -0.39 is 0 Å². The molecule has 0 bridgehead atoms. The van der Waals surface area contributed by atoms with Gasteiger partial charge in [0.1, 0.15) is 5.82 Å². The van der Waals surface area contributed by atoms with E-state index in [1.54, 1.807) is 11.8 Å². The Hall–Kier alpha value is -1.78. The third-order valence-electron chi connectivity index (χ3n) is 3.71. The van der Waals surface area contributed by atoms with E-state index in [0.717, 1.165) is 39.4 Å². The number of nitrogens with zero attached hydrogens (tertiary/aromatic N) is 3. The third kappa shape index (κ3) is 3.59. The molecular weight excluding hydrogens is 326 g/mol. The summed E-state index contributed by atoms with van der Waals surface area (Å²) in [6, 6.07) is 16.4. The number of rotatable bonds is 5. The molecule has 2 aromatic carbocycles. The summed E-state index contributed by atoms with van der Waals surface area (Å²) < 4.78 is 2.08. The molecule has 0 saturated carbocycles. The van der Waals surface area contributed by atoms with Crippen molar-refractivity contribution in [3.05, 3.63) is 70.5 Å². The highest BCUT2D eigenvalue weighted by Crippen LogP contribution is 2.28. The van der Waals surface area contributed by atoms with Crippen molar-refractivity contribution in [2.24, 2.45) is 0 Å². The van der Waals surface area contributed by atoms with Crippen molar-refractivity contribution in [3.8, 4) is 5.69 Å². The van der Waals surface area contributed by atoms with E-state index in [2.05, 4.69) is 46.0 Å². The standard InChI is InChI=1S/C18H18ClN3S/c1-3-14-8-10-16(11-9-14)22-13(2)20-21-18(22)23-12-15-6-4-5-7-17(15)19/h4-11H,3,12H2,1-2H3. The summed E-state index contributed by atoms with van der Waals surface area (Å²) >= 11 is 7.87. The predicted molar refractivity (Wildman–Crippen MR) is 96.5 cm³/mol. The second-order valence-electron chi connectivity index (χ2n) is 5.27. The first kappa shape index (κ1) is 16.1. The van der Waals surface area contributed by atoms with E-state index in [1.165, 1.54) is 5.56 Å². The molecule has 0 saturated heterocycles. The first-order valence-electron chi connectivity index (χ1n) is 7.56. The average Bonchev–Trinajstić information content (AvgIpc) is 2.95. The maximum Gasteiger partial charge on any atom is 0.196 e. The minimum Gasteiger partial charge on any atom is -0.274 e. The van der Waals surface area contributed by atoms with Gasteiger partial charge >= 0.3 is 0 Å². The number of hydrogen-bond acceptors (Lipinski definition) is 3. The summed E-state index contributed by atoms with van der Waals surface area (Å²) in [7, 11) is 0. The minimum atomic E-state index is 0.769. The molecule has 0 aliphatic carbocycles. The van der Waals surface area contributed by atoms with Gasteiger partial charge in [-0.1, -0.05) is 60.6 Å². The molecule has 3 rings (SSSR count). The maximum absolute atomic E-state index is 6.23. The lowest BCUT2D eigenvalue weighted by Gasteiger charge is -2.09. The summed E-state index contributed by atoms with van der Waals surface area (Å²) in [6.07, 6.45) is 1.04. The van der Waals surface area contributed by atoms with Gasteiger partial charge in [-0.05, 0) is 42.7 Å². The summed E-state index contributed by atoms with van der Waals surface area (Å²) in [6.45, 7) is 4.13. The van der Waals surface area contributed by atoms with Crippen LogP contribution in [-0.4, -0.2) is 14.8 Å². The summed E-state index contributed by atoms with van der Waals surface area (Å²) in [5, 5.41) is 10.2. The Morgan fingerprint density at radius 2 is 1.78 bits per heavy atom. The van der Waals surface area contributed by atoms with E-state index >= 15 is 0 Å². The van der Waals surface area contributed by atoms with Crippen LogP contribution in [0, 0.1) is 6.92 Å². The van der Waals surface area contributed by atoms with E-state index in [0.29, 0.717) is 0 Å². The van der Waals surface area contributed by atoms with Crippen LogP contribution in [0.2, 0.25) is 5.02 Å². The second-order valence-corrected chi connectivity index (χ2v) is 6.61. The SMILES string of the molecule is CCc1ccc(-n2c(C)nnc2SCc2ccccc2Cl)cc1. The second kappa shape index (κ2) is 7.20. The molecule has 3 nitrogen and oxygen atoms in total. The van der Waals surface area contributed by atoms with Gasteiger partial charge in [0.2, 0.25) is 0 Å². The highest BCUT2D eigenvalue weighted by Gasteiger charge is 2.12. The van der Waals surface area contributed by atoms with E-state index in [1.807, 2.05) is 31.2 Å². The molecule has 0 unspecified atom stereocenters. The Kier molecular flexibility index (Phi) is 5.03. The fraction of sp³-hybridized carbons (Fsp3) is 0.222. The lowest BCUT2D eigenvalue weighted by Crippen LogP contribution is -1.99. The number of halogens is 1. The Bertz CT molecular complexity index is 796. The van der Waals surface area contributed by atoms with Gasteiger partial charge in [-0.3, -0.25) is 4.57 Å². The average molecular weight is 344 g/mol. The van der Waals surface area contributed by atoms with Gasteiger partial charge in [-0.25, -0.2) is 0 Å². The molecule has 0 fully saturated rings. The smallest absolute Gasteiger partial charge is 0.196 e. The number of hydrogen-bond donors (Lipinski definition) is 0. The van der Waals surface area contributed by atoms with Gasteiger partial charge in [0.15, 0.2) is 5.16 Å². The predicted octanol–water partition coefficient (Wildman–Crippen LogP) is 5.08. The van der Waals surface area contributed by atoms with Crippen molar-refractivity contribution in [3.63, 3.8) is 0 Å². The Morgan fingerprint density at radius 3 is 2.48 bits per heavy atom. The van der Waals surface area contributed by atoms with Crippen LogP contribution in [0.3, 0.4) is 0 Å². The van der Waals surface area contributed by atoms with Crippen LogP contribution in [0.25, 0.3) is 5.69 Å². The van der Waals surface area contributed by atoms with Crippen LogP contribution in [0.15, 0.2) is 53.7 Å². The first-order valence-corrected chi connectivity index (χ1v) is 8.93. The quantitative estimate of drug-likeness (QED) is 0.605. The molecule has 3 aromatic rings. The first-order chi connectivity index (χ1) is 11.2. The van der Waals surface area contributed by atoms with Crippen LogP contribution in [0.4, 0.5) is 0 Å². The third-order valence-corrected chi connectivity index (χ3v) is 5.06. The molecule has 0 aliphatic heterocycles. The zero-order valence-corrected chi connectivity index (χ0v) is 14.7. The van der Waals surface area contributed by atoms with Gasteiger partial charge in [0, 0.05) is 16.5 Å². The molecule has 0 spiro atoms. The van der Waals surface area contributed by atoms with Crippen LogP contribution in [-0.2, 0) is 12.2 Å². The van der Waals surface area contributed by atoms with Gasteiger partial charge < -0.3 is 0 Å². The van der Waals surface area contributed by atoms with Gasteiger partial charge in [0.25, 0.3) is 0 Å². The van der Waals surface area contributed by atoms with E-state index in [9.17, 15) is 0 Å². The molecule has 5 heteroatoms. The summed E-state index contributed by atoms with van der Waals surface area (Å²) in [5.41, 5.74) is 3.52. The molecule has 23 heavy (non-hydrogen) atoms. The monoisotopic (exact) mass is 343 g/mol. The van der Waals surface area contributed by atoms with Gasteiger partial charge in [-0.2, -0.15) is 0 Å². The molecule has 0 amide bonds. The number of benzene rings is 2. The number of aromatic nitrogens is 3. The number of aryl methyl sites for hydroxylation is 2. The molecule has 0 aliphatic rings. The van der Waals surface area contributed by atoms with Gasteiger partial charge in [-0.15, -0.1) is 10.2 Å². The normalized spacial score (nSPS) is 10.9. The molecule has 1 heterocycles. The Labute approximate surface area is 145 Å². The largest absolute Gasteiger partial charge is 0.274 e. The number of thioether (sulfide) groups is 1. The van der Waals surface area contributed by atoms with Crippen LogP contribution in [0.1, 0.15) is 23.9 Å². The molecule has 0 atom stereocenters. The lowest BCUT2D eigenvalue weighted by molar-refractivity contribution is 0.867. The summed E-state index contributed by atoms with van der Waals surface area (Å²) in [5.74, 6) is 1.65. The Morgan fingerprint density at radius 1 is 1.04 bits per heavy atom. The van der Waals surface area contributed by atoms with Crippen molar-refractivity contribution in [1.82, 2.24) is 14.8 Å². The maximum atomic E-state index is 6.23. The molecular formula is C18H18ClN3S. The zero-order chi connectivity index (χ0) is 16.2. The lowest BCUT2D eigenvalue weighted by atomic mass is 10.1. The molecule has 1 aromatic heterocycles. The van der Waals surface area contributed by atoms with E-state index in [-0.39, 0.29) is 0 Å². The van der Waals surface area contributed by atoms with Gasteiger partial charge in [0.05, 0.1) is 0 Å². The fourth-order valence-electron chi connectivity index (χ4n) is 2.37. The van der Waals surface area contributed by atoms with E-state index in [4.69, 9.17) is 11.6 Å². The fourth-order valence-corrected chi connectivity index (χ4v) is 3.66. The highest BCUT2D eigenvalue weighted by molar-refractivity contribution is 7.98.